The molecule has 0 aromatic carbocycles. The van der Waals surface area contributed by atoms with E-state index in [1.807, 2.05) is 0 Å². The molecule has 0 radical (unpaired) electrons. The Kier molecular flexibility index (Phi) is 15.8. The molecule has 0 saturated heterocycles. The van der Waals surface area contributed by atoms with Crippen LogP contribution >= 0.6 is 11.6 Å². The molecule has 0 aliphatic heterocycles. The van der Waals surface area contributed by atoms with E-state index in [9.17, 15) is 0 Å². The zero-order chi connectivity index (χ0) is 4.12. The van der Waals surface area contributed by atoms with Gasteiger partial charge in [-0.2, -0.15) is 0 Å². The van der Waals surface area contributed by atoms with Crippen molar-refractivity contribution in [1.29, 1.82) is 0 Å². The monoisotopic (exact) mass is 120 g/mol. The molecule has 0 aromatic heterocycles. The van der Waals surface area contributed by atoms with Crippen LogP contribution < -0.4 is 0 Å². The second-order valence-corrected chi connectivity index (χ2v) is 1.06. The summed E-state index contributed by atoms with van der Waals surface area (Å²) in [4.78, 5) is 0. The van der Waals surface area contributed by atoms with Gasteiger partial charge >= 0.3 is 23.1 Å². The Bertz CT molecular complexity index is 24.8. The number of ether oxygens (including phenoxy) is 1. The number of halogens is 1. The summed E-state index contributed by atoms with van der Waals surface area (Å²) in [6.45, 7) is 0.654. The van der Waals surface area contributed by atoms with E-state index in [0.29, 0.717) is 12.5 Å². The zero-order valence-electron chi connectivity index (χ0n) is 5.91. The molecule has 6 heavy (non-hydrogen) atoms. The van der Waals surface area contributed by atoms with Gasteiger partial charge in [0.25, 0.3) is 0 Å². The van der Waals surface area contributed by atoms with Crippen molar-refractivity contribution < 1.29 is 7.59 Å². The van der Waals surface area contributed by atoms with Crippen molar-refractivity contribution in [3.05, 3.63) is 0 Å². The second-order valence-electron chi connectivity index (χ2n) is 0.682. The third-order valence-electron chi connectivity index (χ3n) is 0.281. The molecule has 0 aliphatic carbocycles. The topological polar surface area (TPSA) is 9.23 Å². The largest absolute Gasteiger partial charge is 2.00 e. The van der Waals surface area contributed by atoms with Gasteiger partial charge in [-0.15, -0.1) is 11.6 Å². The second kappa shape index (κ2) is 9.39. The average Bonchev–Trinajstić information content (AvgIpc) is 1.41. The third kappa shape index (κ3) is 8.89. The molecule has 0 spiro atoms. The van der Waals surface area contributed by atoms with Gasteiger partial charge in [-0.25, -0.2) is 0 Å². The van der Waals surface area contributed by atoms with Crippen LogP contribution in [0.5, 0.6) is 0 Å². The molecule has 0 aliphatic rings. The minimum Gasteiger partial charge on any atom is -1.00 e. The Morgan fingerprint density at radius 2 is 2.33 bits per heavy atom. The van der Waals surface area contributed by atoms with Gasteiger partial charge in [-0.3, -0.25) is 0 Å². The summed E-state index contributed by atoms with van der Waals surface area (Å²) in [6, 6.07) is 0. The SMILES string of the molecule is COCCCl.[H-].[H-].[Mg+2]. The van der Waals surface area contributed by atoms with E-state index in [4.69, 9.17) is 11.6 Å². The van der Waals surface area contributed by atoms with Gasteiger partial charge < -0.3 is 7.59 Å². The molecule has 0 N–H and O–H groups in total. The minimum absolute atomic E-state index is 0. The summed E-state index contributed by atoms with van der Waals surface area (Å²) in [6.07, 6.45) is 0. The predicted molar refractivity (Wildman–Crippen MR) is 30.6 cm³/mol. The molecule has 1 nitrogen and oxygen atoms in total. The Morgan fingerprint density at radius 3 is 2.33 bits per heavy atom. The van der Waals surface area contributed by atoms with Crippen molar-refractivity contribution in [3.8, 4) is 0 Å². The van der Waals surface area contributed by atoms with Crippen molar-refractivity contribution in [3.63, 3.8) is 0 Å². The van der Waals surface area contributed by atoms with Crippen LogP contribution in [0.15, 0.2) is 0 Å². The molecule has 36 valence electrons. The zero-order valence-corrected chi connectivity index (χ0v) is 6.08. The Balaban J connectivity index is -0.0000000267. The standard InChI is InChI=1S/C3H7ClO.Mg.2H/c1-5-3-2-4;;;/h2-3H2,1H3;;;/q;+2;2*-1. The maximum atomic E-state index is 5.18. The van der Waals surface area contributed by atoms with Crippen molar-refractivity contribution in [2.75, 3.05) is 19.6 Å². The van der Waals surface area contributed by atoms with E-state index in [0.717, 1.165) is 0 Å². The Labute approximate surface area is 62.1 Å². The van der Waals surface area contributed by atoms with Crippen LogP contribution in [-0.4, -0.2) is 42.6 Å². The summed E-state index contributed by atoms with van der Waals surface area (Å²) in [5, 5.41) is 0. The fourth-order valence-corrected chi connectivity index (χ4v) is 0.231. The first-order valence-electron chi connectivity index (χ1n) is 1.46. The summed E-state index contributed by atoms with van der Waals surface area (Å²) >= 11 is 5.18. The molecule has 0 heterocycles. The molecule has 0 atom stereocenters. The van der Waals surface area contributed by atoms with Crippen molar-refractivity contribution in [2.24, 2.45) is 0 Å². The van der Waals surface area contributed by atoms with E-state index in [-0.39, 0.29) is 25.9 Å². The van der Waals surface area contributed by atoms with Gasteiger partial charge in [-0.05, 0) is 0 Å². The number of alkyl halides is 1. The van der Waals surface area contributed by atoms with Gasteiger partial charge in [0.2, 0.25) is 0 Å². The smallest absolute Gasteiger partial charge is 1.00 e. The first-order chi connectivity index (χ1) is 2.41. The predicted octanol–water partition coefficient (Wildman–Crippen LogP) is 0.716. The molecule has 0 bridgehead atoms. The fraction of sp³-hybridized carbons (Fsp3) is 1.00. The quantitative estimate of drug-likeness (QED) is 0.386. The first kappa shape index (κ1) is 10.1. The van der Waals surface area contributed by atoms with Crippen LogP contribution in [0.2, 0.25) is 0 Å². The van der Waals surface area contributed by atoms with Crippen molar-refractivity contribution >= 4 is 34.7 Å². The molecule has 0 amide bonds. The van der Waals surface area contributed by atoms with Crippen LogP contribution in [0.1, 0.15) is 2.85 Å². The minimum atomic E-state index is 0. The summed E-state index contributed by atoms with van der Waals surface area (Å²) in [7, 11) is 1.63. The summed E-state index contributed by atoms with van der Waals surface area (Å²) in [5.74, 6) is 0.594. The Hall–Kier alpha value is 1.02. The molecule has 0 rings (SSSR count). The molecule has 0 aromatic rings. The summed E-state index contributed by atoms with van der Waals surface area (Å²) in [5.41, 5.74) is 0. The van der Waals surface area contributed by atoms with Crippen LogP contribution in [0.4, 0.5) is 0 Å². The van der Waals surface area contributed by atoms with Gasteiger partial charge in [0.15, 0.2) is 0 Å². The Morgan fingerprint density at radius 1 is 1.83 bits per heavy atom. The summed E-state index contributed by atoms with van der Waals surface area (Å²) < 4.78 is 4.56. The number of hydrogen-bond acceptors (Lipinski definition) is 1. The maximum Gasteiger partial charge on any atom is 2.00 e. The normalized spacial score (nSPS) is 7.00. The van der Waals surface area contributed by atoms with Gasteiger partial charge in [0, 0.05) is 13.0 Å². The maximum absolute atomic E-state index is 5.18. The van der Waals surface area contributed by atoms with E-state index >= 15 is 0 Å². The van der Waals surface area contributed by atoms with Crippen LogP contribution in [-0.2, 0) is 4.74 Å². The van der Waals surface area contributed by atoms with Gasteiger partial charge in [-0.1, -0.05) is 0 Å². The van der Waals surface area contributed by atoms with Crippen LogP contribution in [0.3, 0.4) is 0 Å². The number of rotatable bonds is 2. The van der Waals surface area contributed by atoms with Crippen molar-refractivity contribution in [2.45, 2.75) is 0 Å². The van der Waals surface area contributed by atoms with E-state index < -0.39 is 0 Å². The van der Waals surface area contributed by atoms with Gasteiger partial charge in [0.1, 0.15) is 0 Å². The van der Waals surface area contributed by atoms with E-state index in [1.54, 1.807) is 7.11 Å². The number of methoxy groups -OCH3 is 1. The van der Waals surface area contributed by atoms with Crippen molar-refractivity contribution in [1.82, 2.24) is 0 Å². The molecule has 0 fully saturated rings. The van der Waals surface area contributed by atoms with E-state index in [2.05, 4.69) is 4.74 Å². The van der Waals surface area contributed by atoms with Crippen LogP contribution in [0, 0.1) is 0 Å². The number of hydrogen-bond donors (Lipinski definition) is 0. The van der Waals surface area contributed by atoms with Crippen LogP contribution in [0.25, 0.3) is 0 Å². The third-order valence-corrected chi connectivity index (χ3v) is 0.436. The molecular formula is C3H9ClMgO. The van der Waals surface area contributed by atoms with E-state index in [1.165, 1.54) is 0 Å². The molecule has 0 unspecified atom stereocenters. The first-order valence-corrected chi connectivity index (χ1v) is 2.00. The molecule has 3 heteroatoms. The average molecular weight is 121 g/mol. The molecule has 0 saturated carbocycles. The van der Waals surface area contributed by atoms with Gasteiger partial charge in [0.05, 0.1) is 6.61 Å². The fourth-order valence-electron chi connectivity index (χ4n) is 0.0772. The molecular weight excluding hydrogens is 112 g/mol.